The molecule has 4 rings (SSSR count). The van der Waals surface area contributed by atoms with E-state index in [9.17, 15) is 0 Å². The second-order valence-electron chi connectivity index (χ2n) is 6.25. The number of aromatic nitrogens is 3. The molecule has 0 aliphatic heterocycles. The van der Waals surface area contributed by atoms with Crippen LogP contribution in [-0.4, -0.2) is 14.5 Å². The molecule has 1 aliphatic rings. The molecule has 2 unspecified atom stereocenters. The number of nitrogens with one attached hydrogen (secondary N) is 1. The summed E-state index contributed by atoms with van der Waals surface area (Å²) in [7, 11) is 0. The maximum absolute atomic E-state index is 5.57. The molecule has 0 spiro atoms. The number of nitrogens with zero attached hydrogens (tertiary/aromatic N) is 2. The number of H-pyrrole nitrogens is 1. The molecule has 1 aliphatic carbocycles. The standard InChI is InChI=1S/C17H19N3S/c1-11-5-4-6-12(11)10-20-16-13-7-2-3-8-14(13)18-9-15(16)19-17(20)21/h2-3,7-9,11-12H,4-6,10H2,1H3,(H,19,21). The first-order valence-electron chi connectivity index (χ1n) is 7.70. The normalized spacial score (nSPS) is 22.3. The van der Waals surface area contributed by atoms with E-state index in [0.717, 1.165) is 34.2 Å². The average Bonchev–Trinajstić information content (AvgIpc) is 3.04. The number of benzene rings is 1. The molecule has 3 aromatic rings. The zero-order valence-electron chi connectivity index (χ0n) is 12.2. The quantitative estimate of drug-likeness (QED) is 0.697. The average molecular weight is 297 g/mol. The van der Waals surface area contributed by atoms with E-state index >= 15 is 0 Å². The Kier molecular flexibility index (Phi) is 3.07. The molecule has 21 heavy (non-hydrogen) atoms. The molecule has 1 N–H and O–H groups in total. The van der Waals surface area contributed by atoms with Gasteiger partial charge in [-0.2, -0.15) is 0 Å². The second-order valence-corrected chi connectivity index (χ2v) is 6.63. The summed E-state index contributed by atoms with van der Waals surface area (Å²) in [5, 5.41) is 1.19. The van der Waals surface area contributed by atoms with E-state index in [1.165, 1.54) is 30.2 Å². The molecule has 0 amide bonds. The number of para-hydroxylation sites is 1. The van der Waals surface area contributed by atoms with Crippen LogP contribution >= 0.6 is 12.2 Å². The predicted molar refractivity (Wildman–Crippen MR) is 88.9 cm³/mol. The fourth-order valence-corrected chi connectivity index (χ4v) is 3.97. The van der Waals surface area contributed by atoms with Gasteiger partial charge in [0.25, 0.3) is 0 Å². The SMILES string of the molecule is CC1CCCC1Cn1c(=S)[nH]c2cnc3ccccc3c21. The monoisotopic (exact) mass is 297 g/mol. The molecule has 0 radical (unpaired) electrons. The molecule has 2 heterocycles. The second kappa shape index (κ2) is 4.95. The van der Waals surface area contributed by atoms with Crippen LogP contribution in [0.25, 0.3) is 21.9 Å². The number of pyridine rings is 1. The van der Waals surface area contributed by atoms with Crippen molar-refractivity contribution < 1.29 is 0 Å². The van der Waals surface area contributed by atoms with E-state index in [-0.39, 0.29) is 0 Å². The number of fused-ring (bicyclic) bond motifs is 3. The molecule has 2 atom stereocenters. The van der Waals surface area contributed by atoms with E-state index in [1.54, 1.807) is 0 Å². The van der Waals surface area contributed by atoms with Crippen molar-refractivity contribution in [3.63, 3.8) is 0 Å². The third-order valence-electron chi connectivity index (χ3n) is 4.96. The highest BCUT2D eigenvalue weighted by atomic mass is 32.1. The Balaban J connectivity index is 1.93. The highest BCUT2D eigenvalue weighted by Crippen LogP contribution is 2.34. The molecular weight excluding hydrogens is 278 g/mol. The topological polar surface area (TPSA) is 33.6 Å². The minimum atomic E-state index is 0.739. The summed E-state index contributed by atoms with van der Waals surface area (Å²) in [5.74, 6) is 1.53. The van der Waals surface area contributed by atoms with E-state index in [2.05, 4.69) is 39.7 Å². The van der Waals surface area contributed by atoms with Crippen molar-refractivity contribution in [1.29, 1.82) is 0 Å². The molecular formula is C17H19N3S. The lowest BCUT2D eigenvalue weighted by molar-refractivity contribution is 0.367. The maximum atomic E-state index is 5.57. The van der Waals surface area contributed by atoms with Gasteiger partial charge in [-0.1, -0.05) is 38.0 Å². The molecule has 1 aromatic carbocycles. The summed E-state index contributed by atoms with van der Waals surface area (Å²) in [5.41, 5.74) is 3.29. The first kappa shape index (κ1) is 13.0. The Hall–Kier alpha value is -1.68. The van der Waals surface area contributed by atoms with E-state index in [1.807, 2.05) is 12.3 Å². The Morgan fingerprint density at radius 3 is 3.00 bits per heavy atom. The third-order valence-corrected chi connectivity index (χ3v) is 5.28. The van der Waals surface area contributed by atoms with Crippen molar-refractivity contribution in [3.8, 4) is 0 Å². The van der Waals surface area contributed by atoms with Gasteiger partial charge >= 0.3 is 0 Å². The van der Waals surface area contributed by atoms with Gasteiger partial charge in [-0.05, 0) is 36.5 Å². The molecule has 3 nitrogen and oxygen atoms in total. The van der Waals surface area contributed by atoms with Gasteiger partial charge in [0.05, 0.1) is 22.7 Å². The molecule has 108 valence electrons. The largest absolute Gasteiger partial charge is 0.329 e. The zero-order valence-corrected chi connectivity index (χ0v) is 13.0. The van der Waals surface area contributed by atoms with Gasteiger partial charge in [0.15, 0.2) is 4.77 Å². The first-order chi connectivity index (χ1) is 10.2. The van der Waals surface area contributed by atoms with Crippen LogP contribution in [0.5, 0.6) is 0 Å². The number of imidazole rings is 1. The lowest BCUT2D eigenvalue weighted by atomic mass is 9.98. The van der Waals surface area contributed by atoms with Crippen LogP contribution in [0.1, 0.15) is 26.2 Å². The summed E-state index contributed by atoms with van der Waals surface area (Å²) in [6.45, 7) is 3.39. The van der Waals surface area contributed by atoms with Gasteiger partial charge < -0.3 is 9.55 Å². The van der Waals surface area contributed by atoms with Gasteiger partial charge in [-0.3, -0.25) is 4.98 Å². The van der Waals surface area contributed by atoms with Crippen molar-refractivity contribution in [2.75, 3.05) is 0 Å². The lowest BCUT2D eigenvalue weighted by Crippen LogP contribution is -2.13. The summed E-state index contributed by atoms with van der Waals surface area (Å²) in [6.07, 6.45) is 5.92. The molecule has 0 saturated heterocycles. The Labute approximate surface area is 129 Å². The van der Waals surface area contributed by atoms with Crippen LogP contribution in [0, 0.1) is 16.6 Å². The van der Waals surface area contributed by atoms with Crippen LogP contribution in [0.3, 0.4) is 0 Å². The van der Waals surface area contributed by atoms with Crippen molar-refractivity contribution >= 4 is 34.2 Å². The Bertz CT molecular complexity index is 861. The van der Waals surface area contributed by atoms with E-state index in [0.29, 0.717) is 0 Å². The number of rotatable bonds is 2. The number of hydrogen-bond donors (Lipinski definition) is 1. The van der Waals surface area contributed by atoms with Crippen LogP contribution < -0.4 is 0 Å². The summed E-state index contributed by atoms with van der Waals surface area (Å²) in [6, 6.07) is 8.31. The Morgan fingerprint density at radius 1 is 1.33 bits per heavy atom. The van der Waals surface area contributed by atoms with Gasteiger partial charge in [-0.25, -0.2) is 0 Å². The minimum absolute atomic E-state index is 0.739. The Morgan fingerprint density at radius 2 is 2.19 bits per heavy atom. The predicted octanol–water partition coefficient (Wildman–Crippen LogP) is 4.68. The highest BCUT2D eigenvalue weighted by Gasteiger charge is 2.24. The molecule has 1 fully saturated rings. The van der Waals surface area contributed by atoms with Crippen LogP contribution in [-0.2, 0) is 6.54 Å². The van der Waals surface area contributed by atoms with Crippen LogP contribution in [0.15, 0.2) is 30.5 Å². The van der Waals surface area contributed by atoms with Crippen molar-refractivity contribution in [2.45, 2.75) is 32.7 Å². The number of hydrogen-bond acceptors (Lipinski definition) is 2. The lowest BCUT2D eigenvalue weighted by Gasteiger charge is -2.17. The highest BCUT2D eigenvalue weighted by molar-refractivity contribution is 7.71. The van der Waals surface area contributed by atoms with Gasteiger partial charge in [0.1, 0.15) is 0 Å². The van der Waals surface area contributed by atoms with Gasteiger partial charge in [0, 0.05) is 11.9 Å². The fourth-order valence-electron chi connectivity index (χ4n) is 3.70. The van der Waals surface area contributed by atoms with Gasteiger partial charge in [0.2, 0.25) is 0 Å². The fraction of sp³-hybridized carbons (Fsp3) is 0.412. The zero-order chi connectivity index (χ0) is 14.4. The van der Waals surface area contributed by atoms with Crippen molar-refractivity contribution in [3.05, 3.63) is 35.2 Å². The molecule has 4 heteroatoms. The molecule has 2 aromatic heterocycles. The summed E-state index contributed by atoms with van der Waals surface area (Å²) < 4.78 is 3.11. The maximum Gasteiger partial charge on any atom is 0.178 e. The number of aromatic amines is 1. The van der Waals surface area contributed by atoms with Crippen molar-refractivity contribution in [1.82, 2.24) is 14.5 Å². The summed E-state index contributed by atoms with van der Waals surface area (Å²) in [4.78, 5) is 7.84. The summed E-state index contributed by atoms with van der Waals surface area (Å²) >= 11 is 5.57. The molecule has 1 saturated carbocycles. The van der Waals surface area contributed by atoms with Crippen molar-refractivity contribution in [2.24, 2.45) is 11.8 Å². The smallest absolute Gasteiger partial charge is 0.178 e. The molecule has 0 bridgehead atoms. The first-order valence-corrected chi connectivity index (χ1v) is 8.11. The van der Waals surface area contributed by atoms with E-state index in [4.69, 9.17) is 12.2 Å². The minimum Gasteiger partial charge on any atom is -0.329 e. The van der Waals surface area contributed by atoms with Crippen LogP contribution in [0.4, 0.5) is 0 Å². The van der Waals surface area contributed by atoms with Crippen LogP contribution in [0.2, 0.25) is 0 Å². The van der Waals surface area contributed by atoms with E-state index < -0.39 is 0 Å². The van der Waals surface area contributed by atoms with Gasteiger partial charge in [-0.15, -0.1) is 0 Å². The third kappa shape index (κ3) is 2.09.